The first-order valence-electron chi connectivity index (χ1n) is 5.50. The molecule has 1 heterocycles. The number of rotatable bonds is 8. The Morgan fingerprint density at radius 2 is 0.875 bits per heavy atom. The molecule has 1 rings (SSSR count). The van der Waals surface area contributed by atoms with Gasteiger partial charge in [0.05, 0.1) is 0 Å². The van der Waals surface area contributed by atoms with Crippen LogP contribution in [-0.4, -0.2) is 17.1 Å². The van der Waals surface area contributed by atoms with Crippen molar-refractivity contribution in [1.29, 1.82) is 0 Å². The van der Waals surface area contributed by atoms with E-state index in [9.17, 15) is 0 Å². The molecule has 2 nitrogen and oxygen atoms in total. The second-order valence-electron chi connectivity index (χ2n) is 4.00. The van der Waals surface area contributed by atoms with E-state index < -0.39 is 17.1 Å². The molecule has 0 bridgehead atoms. The Balaban J connectivity index is 2.69. The molecule has 1 aliphatic rings. The molecule has 0 aliphatic carbocycles. The maximum atomic E-state index is 6.25. The molecule has 88 valence electrons. The van der Waals surface area contributed by atoms with Gasteiger partial charge in [0.15, 0.2) is 0 Å². The van der Waals surface area contributed by atoms with Crippen molar-refractivity contribution in [3.05, 3.63) is 50.6 Å². The quantitative estimate of drug-likeness (QED) is 0.485. The van der Waals surface area contributed by atoms with Crippen molar-refractivity contribution < 1.29 is 8.23 Å². The van der Waals surface area contributed by atoms with Crippen LogP contribution in [0.15, 0.2) is 50.6 Å². The molecule has 0 unspecified atom stereocenters. The number of hydrogen-bond donors (Lipinski definition) is 0. The molecule has 4 heteroatoms. The van der Waals surface area contributed by atoms with Crippen LogP contribution in [0.2, 0.25) is 24.2 Å². The lowest BCUT2D eigenvalue weighted by Crippen LogP contribution is -2.69. The van der Waals surface area contributed by atoms with E-state index in [-0.39, 0.29) is 0 Å². The maximum absolute atomic E-state index is 6.25. The summed E-state index contributed by atoms with van der Waals surface area (Å²) in [5.41, 5.74) is 0. The largest absolute Gasteiger partial charge is 0.415 e. The van der Waals surface area contributed by atoms with Gasteiger partial charge in [-0.15, -0.1) is 26.3 Å². The molecule has 0 saturated carbocycles. The zero-order valence-corrected chi connectivity index (χ0v) is 11.8. The Kier molecular flexibility index (Phi) is 4.67. The molecular formula is C12H20O2Si2. The van der Waals surface area contributed by atoms with Crippen molar-refractivity contribution in [3.63, 3.8) is 0 Å². The molecule has 0 aromatic rings. The van der Waals surface area contributed by atoms with E-state index in [1.165, 1.54) is 0 Å². The van der Waals surface area contributed by atoms with Crippen LogP contribution in [0.4, 0.5) is 0 Å². The van der Waals surface area contributed by atoms with E-state index in [0.717, 1.165) is 24.2 Å². The molecule has 0 N–H and O–H groups in total. The van der Waals surface area contributed by atoms with Crippen molar-refractivity contribution in [2.45, 2.75) is 24.2 Å². The summed E-state index contributed by atoms with van der Waals surface area (Å²) >= 11 is 0. The smallest absolute Gasteiger partial charge is 0.328 e. The first kappa shape index (κ1) is 13.4. The molecular weight excluding hydrogens is 232 g/mol. The molecule has 1 fully saturated rings. The molecule has 0 spiro atoms. The average Bonchev–Trinajstić information content (AvgIpc) is 2.17. The Bertz CT molecular complexity index is 241. The van der Waals surface area contributed by atoms with Gasteiger partial charge < -0.3 is 8.23 Å². The Hall–Kier alpha value is -0.686. The van der Waals surface area contributed by atoms with Gasteiger partial charge in [0, 0.05) is 24.2 Å². The standard InChI is InChI=1S/C12H20O2Si2/c1-5-9-15(10-6-2)13-16(14-15,11-7-3)12-8-4/h5-8H,1-4,9-12H2. The Morgan fingerprint density at radius 3 is 1.06 bits per heavy atom. The van der Waals surface area contributed by atoms with Gasteiger partial charge in [-0.3, -0.25) is 0 Å². The molecule has 1 saturated heterocycles. The molecule has 0 radical (unpaired) electrons. The van der Waals surface area contributed by atoms with Gasteiger partial charge >= 0.3 is 17.1 Å². The fourth-order valence-electron chi connectivity index (χ4n) is 2.07. The van der Waals surface area contributed by atoms with Crippen molar-refractivity contribution in [2.24, 2.45) is 0 Å². The Labute approximate surface area is 100 Å². The van der Waals surface area contributed by atoms with Crippen LogP contribution >= 0.6 is 0 Å². The monoisotopic (exact) mass is 252 g/mol. The van der Waals surface area contributed by atoms with Gasteiger partial charge in [0.1, 0.15) is 0 Å². The summed E-state index contributed by atoms with van der Waals surface area (Å²) in [7, 11) is -4.05. The number of allylic oxidation sites excluding steroid dienone is 4. The zero-order valence-electron chi connectivity index (χ0n) is 9.78. The lowest BCUT2D eigenvalue weighted by molar-refractivity contribution is 0.219. The van der Waals surface area contributed by atoms with Crippen molar-refractivity contribution in [2.75, 3.05) is 0 Å². The third kappa shape index (κ3) is 2.71. The predicted molar refractivity (Wildman–Crippen MR) is 73.7 cm³/mol. The summed E-state index contributed by atoms with van der Waals surface area (Å²) < 4.78 is 12.5. The third-order valence-corrected chi connectivity index (χ3v) is 12.2. The third-order valence-electron chi connectivity index (χ3n) is 2.57. The molecule has 16 heavy (non-hydrogen) atoms. The lowest BCUT2D eigenvalue weighted by atomic mass is 10.7. The van der Waals surface area contributed by atoms with E-state index >= 15 is 0 Å². The van der Waals surface area contributed by atoms with Gasteiger partial charge in [-0.25, -0.2) is 0 Å². The molecule has 0 aromatic carbocycles. The highest BCUT2D eigenvalue weighted by molar-refractivity contribution is 6.95. The van der Waals surface area contributed by atoms with Crippen molar-refractivity contribution in [1.82, 2.24) is 0 Å². The van der Waals surface area contributed by atoms with E-state index in [0.29, 0.717) is 0 Å². The Morgan fingerprint density at radius 1 is 0.625 bits per heavy atom. The van der Waals surface area contributed by atoms with E-state index in [1.54, 1.807) is 0 Å². The highest BCUT2D eigenvalue weighted by Crippen LogP contribution is 2.42. The summed E-state index contributed by atoms with van der Waals surface area (Å²) in [5, 5.41) is 0. The first-order valence-corrected chi connectivity index (χ1v) is 9.96. The predicted octanol–water partition coefficient (Wildman–Crippen LogP) is 3.66. The van der Waals surface area contributed by atoms with E-state index in [1.807, 2.05) is 24.3 Å². The highest BCUT2D eigenvalue weighted by atomic mass is 28.5. The van der Waals surface area contributed by atoms with Crippen molar-refractivity contribution >= 4 is 17.1 Å². The fraction of sp³-hybridized carbons (Fsp3) is 0.333. The number of hydrogen-bond acceptors (Lipinski definition) is 2. The van der Waals surface area contributed by atoms with Crippen LogP contribution in [0, 0.1) is 0 Å². The average molecular weight is 252 g/mol. The van der Waals surface area contributed by atoms with Gasteiger partial charge in [0.2, 0.25) is 0 Å². The van der Waals surface area contributed by atoms with Gasteiger partial charge in [0.25, 0.3) is 0 Å². The maximum Gasteiger partial charge on any atom is 0.328 e. The fourth-order valence-corrected chi connectivity index (χ4v) is 12.3. The second-order valence-corrected chi connectivity index (χ2v) is 10.9. The summed E-state index contributed by atoms with van der Waals surface area (Å²) in [6.45, 7) is 15.1. The van der Waals surface area contributed by atoms with Gasteiger partial charge in [-0.2, -0.15) is 0 Å². The van der Waals surface area contributed by atoms with E-state index in [2.05, 4.69) is 26.3 Å². The summed E-state index contributed by atoms with van der Waals surface area (Å²) in [5.74, 6) is 0. The molecule has 0 atom stereocenters. The minimum absolute atomic E-state index is 0.835. The van der Waals surface area contributed by atoms with Crippen LogP contribution in [0.1, 0.15) is 0 Å². The molecule has 0 aromatic heterocycles. The summed E-state index contributed by atoms with van der Waals surface area (Å²) in [6.07, 6.45) is 7.54. The molecule has 0 amide bonds. The van der Waals surface area contributed by atoms with Crippen LogP contribution in [0.25, 0.3) is 0 Å². The first-order chi connectivity index (χ1) is 7.66. The molecule has 1 aliphatic heterocycles. The zero-order chi connectivity index (χ0) is 12.1. The van der Waals surface area contributed by atoms with Crippen LogP contribution in [0.5, 0.6) is 0 Å². The SMILES string of the molecule is C=CC[Si]1(CC=C)O[Si](CC=C)(CC=C)O1. The van der Waals surface area contributed by atoms with Crippen LogP contribution < -0.4 is 0 Å². The van der Waals surface area contributed by atoms with Crippen LogP contribution in [-0.2, 0) is 8.23 Å². The lowest BCUT2D eigenvalue weighted by Gasteiger charge is -2.52. The van der Waals surface area contributed by atoms with E-state index in [4.69, 9.17) is 8.23 Å². The topological polar surface area (TPSA) is 18.5 Å². The van der Waals surface area contributed by atoms with Gasteiger partial charge in [-0.1, -0.05) is 24.3 Å². The minimum Gasteiger partial charge on any atom is -0.415 e. The van der Waals surface area contributed by atoms with Gasteiger partial charge in [-0.05, 0) is 0 Å². The van der Waals surface area contributed by atoms with Crippen molar-refractivity contribution in [3.8, 4) is 0 Å². The minimum atomic E-state index is -2.02. The normalized spacial score (nSPS) is 20.5. The second kappa shape index (κ2) is 5.59. The summed E-state index contributed by atoms with van der Waals surface area (Å²) in [4.78, 5) is 0. The highest BCUT2D eigenvalue weighted by Gasteiger charge is 2.59. The summed E-state index contributed by atoms with van der Waals surface area (Å²) in [6, 6.07) is 3.34. The van der Waals surface area contributed by atoms with Crippen LogP contribution in [0.3, 0.4) is 0 Å².